The highest BCUT2D eigenvalue weighted by Crippen LogP contribution is 2.19. The predicted octanol–water partition coefficient (Wildman–Crippen LogP) is 2.23. The average molecular weight is 367 g/mol. The van der Waals surface area contributed by atoms with Gasteiger partial charge < -0.3 is 9.47 Å². The number of hydrogen-bond donors (Lipinski definition) is 0. The summed E-state index contributed by atoms with van der Waals surface area (Å²) in [4.78, 5) is 25.8. The number of tetrazole rings is 1. The lowest BCUT2D eigenvalue weighted by atomic mass is 10.2. The summed E-state index contributed by atoms with van der Waals surface area (Å²) in [6.07, 6.45) is 0.763. The molecule has 0 bridgehead atoms. The fourth-order valence-corrected chi connectivity index (χ4v) is 2.31. The fourth-order valence-electron chi connectivity index (χ4n) is 2.31. The van der Waals surface area contributed by atoms with Crippen molar-refractivity contribution in [3.8, 4) is 11.4 Å². The maximum atomic E-state index is 12.6. The Bertz CT molecular complexity index is 882. The number of carbonyl (C=O) groups is 2. The van der Waals surface area contributed by atoms with E-state index in [0.29, 0.717) is 17.1 Å². The third-order valence-corrected chi connectivity index (χ3v) is 3.54. The van der Waals surface area contributed by atoms with Crippen molar-refractivity contribution in [2.45, 2.75) is 6.92 Å². The molecular weight excluding hydrogens is 350 g/mol. The van der Waals surface area contributed by atoms with Gasteiger partial charge >= 0.3 is 12.1 Å². The van der Waals surface area contributed by atoms with Crippen LogP contribution in [-0.4, -0.2) is 45.4 Å². The molecular formula is C18H17N5O4. The van der Waals surface area contributed by atoms with E-state index in [1.54, 1.807) is 55.5 Å². The van der Waals surface area contributed by atoms with E-state index in [1.165, 1.54) is 15.9 Å². The minimum atomic E-state index is -0.690. The van der Waals surface area contributed by atoms with E-state index in [-0.39, 0.29) is 13.2 Å². The Morgan fingerprint density at radius 2 is 1.81 bits per heavy atom. The zero-order valence-corrected chi connectivity index (χ0v) is 14.6. The van der Waals surface area contributed by atoms with E-state index in [1.807, 2.05) is 6.07 Å². The van der Waals surface area contributed by atoms with E-state index in [4.69, 9.17) is 9.47 Å². The molecule has 0 aliphatic rings. The van der Waals surface area contributed by atoms with Crippen molar-refractivity contribution < 1.29 is 19.1 Å². The molecule has 9 heteroatoms. The number of esters is 1. The lowest BCUT2D eigenvalue weighted by Gasteiger charge is -2.21. The summed E-state index contributed by atoms with van der Waals surface area (Å²) in [6, 6.07) is 15.4. The van der Waals surface area contributed by atoms with Crippen molar-refractivity contribution in [2.75, 3.05) is 18.1 Å². The smallest absolute Gasteiger partial charge is 0.420 e. The van der Waals surface area contributed by atoms with Crippen LogP contribution in [0.3, 0.4) is 0 Å². The highest BCUT2D eigenvalue weighted by atomic mass is 16.6. The van der Waals surface area contributed by atoms with E-state index in [2.05, 4.69) is 15.5 Å². The van der Waals surface area contributed by atoms with Crippen LogP contribution in [-0.2, 0) is 9.53 Å². The number of ether oxygens (including phenoxy) is 2. The van der Waals surface area contributed by atoms with E-state index in [0.717, 1.165) is 0 Å². The SMILES string of the molecule is CCOC(=O)CN(C(=O)Oc1ccccc1)c1ccc(-n2cnnn2)cc1. The molecule has 9 nitrogen and oxygen atoms in total. The summed E-state index contributed by atoms with van der Waals surface area (Å²) in [7, 11) is 0. The number of amides is 1. The van der Waals surface area contributed by atoms with Crippen LogP contribution >= 0.6 is 0 Å². The molecule has 3 aromatic rings. The second-order valence-electron chi connectivity index (χ2n) is 5.34. The number of nitrogens with zero attached hydrogens (tertiary/aromatic N) is 5. The Morgan fingerprint density at radius 3 is 2.44 bits per heavy atom. The lowest BCUT2D eigenvalue weighted by molar-refractivity contribution is -0.141. The van der Waals surface area contributed by atoms with Crippen LogP contribution in [0, 0.1) is 0 Å². The molecule has 1 heterocycles. The van der Waals surface area contributed by atoms with Crippen molar-refractivity contribution >= 4 is 17.7 Å². The van der Waals surface area contributed by atoms with Gasteiger partial charge in [-0.05, 0) is 53.7 Å². The Hall–Kier alpha value is -3.75. The van der Waals surface area contributed by atoms with E-state index in [9.17, 15) is 9.59 Å². The van der Waals surface area contributed by atoms with Crippen molar-refractivity contribution in [2.24, 2.45) is 0 Å². The molecule has 2 aromatic carbocycles. The molecule has 0 aliphatic heterocycles. The van der Waals surface area contributed by atoms with Crippen molar-refractivity contribution in [1.82, 2.24) is 20.2 Å². The summed E-state index contributed by atoms with van der Waals surface area (Å²) in [5, 5.41) is 11.0. The van der Waals surface area contributed by atoms with Gasteiger partial charge in [-0.25, -0.2) is 9.48 Å². The fraction of sp³-hybridized carbons (Fsp3) is 0.167. The van der Waals surface area contributed by atoms with Crippen LogP contribution in [0.15, 0.2) is 60.9 Å². The molecule has 0 aliphatic carbocycles. The van der Waals surface area contributed by atoms with Crippen LogP contribution in [0.5, 0.6) is 5.75 Å². The molecule has 0 radical (unpaired) electrons. The Labute approximate surface area is 155 Å². The number of hydrogen-bond acceptors (Lipinski definition) is 7. The molecule has 3 rings (SSSR count). The summed E-state index contributed by atoms with van der Waals surface area (Å²) in [5.74, 6) is -0.159. The van der Waals surface area contributed by atoms with Gasteiger partial charge in [-0.2, -0.15) is 0 Å². The maximum absolute atomic E-state index is 12.6. The van der Waals surface area contributed by atoms with Gasteiger partial charge in [0.15, 0.2) is 0 Å². The summed E-state index contributed by atoms with van der Waals surface area (Å²) in [6.45, 7) is 1.65. The standard InChI is InChI=1S/C18H17N5O4/c1-2-26-17(24)12-22(18(25)27-16-6-4-3-5-7-16)14-8-10-15(11-9-14)23-13-19-20-21-23/h3-11,13H,2,12H2,1H3. The highest BCUT2D eigenvalue weighted by Gasteiger charge is 2.22. The molecule has 0 N–H and O–H groups in total. The van der Waals surface area contributed by atoms with Crippen molar-refractivity contribution in [3.05, 3.63) is 60.9 Å². The van der Waals surface area contributed by atoms with Gasteiger partial charge in [0.2, 0.25) is 0 Å². The van der Waals surface area contributed by atoms with Crippen LogP contribution in [0.1, 0.15) is 6.92 Å². The zero-order valence-electron chi connectivity index (χ0n) is 14.6. The first-order valence-corrected chi connectivity index (χ1v) is 8.21. The Morgan fingerprint density at radius 1 is 1.07 bits per heavy atom. The summed E-state index contributed by atoms with van der Waals surface area (Å²) in [5.41, 5.74) is 1.18. The van der Waals surface area contributed by atoms with Gasteiger partial charge in [-0.1, -0.05) is 18.2 Å². The van der Waals surface area contributed by atoms with Crippen LogP contribution in [0.4, 0.5) is 10.5 Å². The first-order valence-electron chi connectivity index (χ1n) is 8.21. The first-order chi connectivity index (χ1) is 13.2. The minimum Gasteiger partial charge on any atom is -0.465 e. The second-order valence-corrected chi connectivity index (χ2v) is 5.34. The van der Waals surface area contributed by atoms with Crippen molar-refractivity contribution in [1.29, 1.82) is 0 Å². The van der Waals surface area contributed by atoms with Gasteiger partial charge in [0.25, 0.3) is 0 Å². The number of benzene rings is 2. The first kappa shape index (κ1) is 18.1. The third kappa shape index (κ3) is 4.66. The molecule has 0 atom stereocenters. The monoisotopic (exact) mass is 367 g/mol. The van der Waals surface area contributed by atoms with Gasteiger partial charge in [0, 0.05) is 5.69 Å². The van der Waals surface area contributed by atoms with Crippen LogP contribution in [0.2, 0.25) is 0 Å². The third-order valence-electron chi connectivity index (χ3n) is 3.54. The van der Waals surface area contributed by atoms with Gasteiger partial charge in [0.1, 0.15) is 18.6 Å². The molecule has 1 amide bonds. The number of para-hydroxylation sites is 1. The average Bonchev–Trinajstić information content (AvgIpc) is 3.22. The van der Waals surface area contributed by atoms with E-state index >= 15 is 0 Å². The van der Waals surface area contributed by atoms with Gasteiger partial charge in [-0.15, -0.1) is 5.10 Å². The predicted molar refractivity (Wildman–Crippen MR) is 95.6 cm³/mol. The molecule has 0 unspecified atom stereocenters. The number of rotatable bonds is 6. The van der Waals surface area contributed by atoms with Crippen molar-refractivity contribution in [3.63, 3.8) is 0 Å². The van der Waals surface area contributed by atoms with Crippen LogP contribution in [0.25, 0.3) is 5.69 Å². The molecule has 0 saturated carbocycles. The molecule has 138 valence electrons. The summed E-state index contributed by atoms with van der Waals surface area (Å²) < 4.78 is 11.8. The zero-order chi connectivity index (χ0) is 19.1. The van der Waals surface area contributed by atoms with Gasteiger partial charge in [-0.3, -0.25) is 9.69 Å². The number of carbonyl (C=O) groups excluding carboxylic acids is 2. The molecule has 0 spiro atoms. The summed E-state index contributed by atoms with van der Waals surface area (Å²) >= 11 is 0. The topological polar surface area (TPSA) is 99.4 Å². The van der Waals surface area contributed by atoms with Crippen LogP contribution < -0.4 is 9.64 Å². The number of aromatic nitrogens is 4. The molecule has 1 aromatic heterocycles. The Balaban J connectivity index is 1.82. The molecule has 0 saturated heterocycles. The van der Waals surface area contributed by atoms with Gasteiger partial charge in [0.05, 0.1) is 12.3 Å². The largest absolute Gasteiger partial charge is 0.465 e. The molecule has 27 heavy (non-hydrogen) atoms. The van der Waals surface area contributed by atoms with E-state index < -0.39 is 12.1 Å². The minimum absolute atomic E-state index is 0.221. The normalized spacial score (nSPS) is 10.3. The quantitative estimate of drug-likeness (QED) is 0.616. The maximum Gasteiger partial charge on any atom is 0.420 e. The highest BCUT2D eigenvalue weighted by molar-refractivity contribution is 5.94. The lowest BCUT2D eigenvalue weighted by Crippen LogP contribution is -2.38. The second kappa shape index (κ2) is 8.56. The Kier molecular flexibility index (Phi) is 5.73. The number of anilines is 1. The molecule has 0 fully saturated rings.